The highest BCUT2D eigenvalue weighted by Crippen LogP contribution is 2.35. The highest BCUT2D eigenvalue weighted by atomic mass is 16.7. The Hall–Kier alpha value is -3.35. The Morgan fingerprint density at radius 3 is 2.20 bits per heavy atom. The van der Waals surface area contributed by atoms with Gasteiger partial charge in [-0.05, 0) is 31.2 Å². The number of rotatable bonds is 2. The van der Waals surface area contributed by atoms with Crippen LogP contribution in [0.4, 0.5) is 0 Å². The van der Waals surface area contributed by atoms with Crippen LogP contribution in [0.1, 0.15) is 27.6 Å². The van der Waals surface area contributed by atoms with Crippen LogP contribution in [0.2, 0.25) is 0 Å². The van der Waals surface area contributed by atoms with Gasteiger partial charge in [0.15, 0.2) is 11.5 Å². The minimum atomic E-state index is -1.48. The Kier molecular flexibility index (Phi) is 3.24. The van der Waals surface area contributed by atoms with E-state index in [2.05, 4.69) is 0 Å². The lowest BCUT2D eigenvalue weighted by atomic mass is 10.1. The number of amides is 2. The Morgan fingerprint density at radius 1 is 1.00 bits per heavy atom. The second-order valence-corrected chi connectivity index (χ2v) is 5.90. The topological polar surface area (TPSA) is 82.1 Å². The maximum absolute atomic E-state index is 12.6. The fourth-order valence-electron chi connectivity index (χ4n) is 2.67. The van der Waals surface area contributed by atoms with Crippen molar-refractivity contribution < 1.29 is 28.7 Å². The second-order valence-electron chi connectivity index (χ2n) is 5.90. The average molecular weight is 339 g/mol. The van der Waals surface area contributed by atoms with Gasteiger partial charge in [-0.3, -0.25) is 9.59 Å². The Morgan fingerprint density at radius 2 is 1.56 bits per heavy atom. The molecule has 0 aliphatic carbocycles. The first kappa shape index (κ1) is 15.2. The molecule has 0 bridgehead atoms. The molecular weight excluding hydrogens is 326 g/mol. The highest BCUT2D eigenvalue weighted by Gasteiger charge is 2.47. The van der Waals surface area contributed by atoms with Gasteiger partial charge in [-0.1, -0.05) is 29.3 Å². The van der Waals surface area contributed by atoms with E-state index in [1.54, 1.807) is 36.4 Å². The van der Waals surface area contributed by atoms with E-state index in [4.69, 9.17) is 14.3 Å². The molecule has 2 aliphatic heterocycles. The van der Waals surface area contributed by atoms with E-state index in [1.165, 1.54) is 19.1 Å². The van der Waals surface area contributed by atoms with Gasteiger partial charge in [-0.15, -0.1) is 0 Å². The van der Waals surface area contributed by atoms with Gasteiger partial charge in [0.1, 0.15) is 6.61 Å². The number of fused-ring (bicyclic) bond motifs is 2. The standard InChI is InChI=1S/C18H13NO6/c1-18(10-23-13-8-4-5-9-14(13)24-18)17(22)25-19-15(20)11-6-2-3-7-12(11)16(19)21/h2-9H,10H2,1H3. The van der Waals surface area contributed by atoms with E-state index in [1.807, 2.05) is 0 Å². The zero-order chi connectivity index (χ0) is 17.6. The molecule has 0 radical (unpaired) electrons. The largest absolute Gasteiger partial charge is 0.485 e. The number of nitrogens with zero attached hydrogens (tertiary/aromatic N) is 1. The zero-order valence-electron chi connectivity index (χ0n) is 13.2. The molecule has 25 heavy (non-hydrogen) atoms. The lowest BCUT2D eigenvalue weighted by Gasteiger charge is -2.33. The summed E-state index contributed by atoms with van der Waals surface area (Å²) in [4.78, 5) is 42.2. The minimum Gasteiger partial charge on any atom is -0.485 e. The fourth-order valence-corrected chi connectivity index (χ4v) is 2.67. The van der Waals surface area contributed by atoms with Crippen molar-refractivity contribution in [3.8, 4) is 11.5 Å². The van der Waals surface area contributed by atoms with Crippen molar-refractivity contribution in [3.63, 3.8) is 0 Å². The maximum atomic E-state index is 12.6. The maximum Gasteiger partial charge on any atom is 0.379 e. The van der Waals surface area contributed by atoms with Crippen molar-refractivity contribution >= 4 is 17.8 Å². The van der Waals surface area contributed by atoms with Crippen molar-refractivity contribution in [2.75, 3.05) is 6.61 Å². The molecule has 0 aromatic heterocycles. The first-order valence-corrected chi connectivity index (χ1v) is 7.61. The van der Waals surface area contributed by atoms with Gasteiger partial charge >= 0.3 is 5.97 Å². The lowest BCUT2D eigenvalue weighted by Crippen LogP contribution is -2.52. The normalized spacial score (nSPS) is 21.1. The Bertz CT molecular complexity index is 873. The molecule has 2 aromatic carbocycles. The second kappa shape index (κ2) is 5.34. The summed E-state index contributed by atoms with van der Waals surface area (Å²) in [5.41, 5.74) is -1.10. The SMILES string of the molecule is CC1(C(=O)ON2C(=O)c3ccccc3C2=O)COc2ccccc2O1. The molecule has 0 saturated heterocycles. The van der Waals surface area contributed by atoms with Crippen LogP contribution < -0.4 is 9.47 Å². The van der Waals surface area contributed by atoms with Crippen LogP contribution in [0.25, 0.3) is 0 Å². The molecule has 2 heterocycles. The average Bonchev–Trinajstić information content (AvgIpc) is 2.87. The molecule has 2 amide bonds. The Labute approximate surface area is 142 Å². The third-order valence-corrected chi connectivity index (χ3v) is 4.05. The summed E-state index contributed by atoms with van der Waals surface area (Å²) in [5.74, 6) is -1.37. The van der Waals surface area contributed by atoms with E-state index in [0.717, 1.165) is 0 Å². The molecule has 7 nitrogen and oxygen atoms in total. The minimum absolute atomic E-state index is 0.105. The summed E-state index contributed by atoms with van der Waals surface area (Å²) < 4.78 is 11.2. The van der Waals surface area contributed by atoms with Crippen LogP contribution in [-0.4, -0.2) is 35.1 Å². The van der Waals surface area contributed by atoms with Gasteiger partial charge in [0, 0.05) is 0 Å². The summed E-state index contributed by atoms with van der Waals surface area (Å²) in [5, 5.41) is 0.460. The van der Waals surface area contributed by atoms with E-state index >= 15 is 0 Å². The van der Waals surface area contributed by atoms with Crippen LogP contribution in [-0.2, 0) is 9.63 Å². The summed E-state index contributed by atoms with van der Waals surface area (Å²) in [7, 11) is 0. The number of hydrogen-bond acceptors (Lipinski definition) is 6. The monoisotopic (exact) mass is 339 g/mol. The number of carbonyl (C=O) groups excluding carboxylic acids is 3. The summed E-state index contributed by atoms with van der Waals surface area (Å²) in [6.07, 6.45) is 0. The molecule has 1 unspecified atom stereocenters. The number of para-hydroxylation sites is 2. The number of benzene rings is 2. The zero-order valence-corrected chi connectivity index (χ0v) is 13.2. The number of ether oxygens (including phenoxy) is 2. The quantitative estimate of drug-likeness (QED) is 0.778. The van der Waals surface area contributed by atoms with Crippen LogP contribution in [0.3, 0.4) is 0 Å². The van der Waals surface area contributed by atoms with E-state index < -0.39 is 23.4 Å². The summed E-state index contributed by atoms with van der Waals surface area (Å²) in [6, 6.07) is 13.2. The van der Waals surface area contributed by atoms with Gasteiger partial charge in [0.05, 0.1) is 11.1 Å². The smallest absolute Gasteiger partial charge is 0.379 e. The lowest BCUT2D eigenvalue weighted by molar-refractivity contribution is -0.189. The van der Waals surface area contributed by atoms with Crippen LogP contribution >= 0.6 is 0 Å². The fraction of sp³-hybridized carbons (Fsp3) is 0.167. The predicted molar refractivity (Wildman–Crippen MR) is 84.0 cm³/mol. The van der Waals surface area contributed by atoms with E-state index in [-0.39, 0.29) is 17.7 Å². The molecule has 0 saturated carbocycles. The number of hydrogen-bond donors (Lipinski definition) is 0. The predicted octanol–water partition coefficient (Wildman–Crippen LogP) is 1.97. The van der Waals surface area contributed by atoms with Crippen LogP contribution in [0.15, 0.2) is 48.5 Å². The number of carbonyl (C=O) groups is 3. The molecule has 126 valence electrons. The van der Waals surface area contributed by atoms with E-state index in [0.29, 0.717) is 16.6 Å². The van der Waals surface area contributed by atoms with Gasteiger partial charge in [0.25, 0.3) is 11.8 Å². The molecule has 0 N–H and O–H groups in total. The summed E-state index contributed by atoms with van der Waals surface area (Å²) in [6.45, 7) is 1.37. The molecule has 0 spiro atoms. The number of hydroxylamine groups is 2. The molecule has 1 atom stereocenters. The van der Waals surface area contributed by atoms with Crippen LogP contribution in [0, 0.1) is 0 Å². The molecular formula is C18H13NO6. The van der Waals surface area contributed by atoms with Crippen LogP contribution in [0.5, 0.6) is 11.5 Å². The molecule has 2 aliphatic rings. The van der Waals surface area contributed by atoms with Crippen molar-refractivity contribution in [1.82, 2.24) is 5.06 Å². The van der Waals surface area contributed by atoms with E-state index in [9.17, 15) is 14.4 Å². The molecule has 2 aromatic rings. The van der Waals surface area contributed by atoms with Crippen molar-refractivity contribution in [3.05, 3.63) is 59.7 Å². The molecule has 7 heteroatoms. The Balaban J connectivity index is 1.55. The first-order valence-electron chi connectivity index (χ1n) is 7.61. The molecule has 4 rings (SSSR count). The van der Waals surface area contributed by atoms with Crippen molar-refractivity contribution in [2.45, 2.75) is 12.5 Å². The van der Waals surface area contributed by atoms with Gasteiger partial charge < -0.3 is 14.3 Å². The number of imide groups is 1. The third kappa shape index (κ3) is 2.32. The van der Waals surface area contributed by atoms with Crippen molar-refractivity contribution in [2.24, 2.45) is 0 Å². The third-order valence-electron chi connectivity index (χ3n) is 4.05. The summed E-state index contributed by atoms with van der Waals surface area (Å²) >= 11 is 0. The first-order chi connectivity index (χ1) is 12.0. The van der Waals surface area contributed by atoms with Crippen molar-refractivity contribution in [1.29, 1.82) is 0 Å². The van der Waals surface area contributed by atoms with Gasteiger partial charge in [-0.25, -0.2) is 4.79 Å². The van der Waals surface area contributed by atoms with Gasteiger partial charge in [0.2, 0.25) is 5.60 Å². The van der Waals surface area contributed by atoms with Gasteiger partial charge in [-0.2, -0.15) is 0 Å². The highest BCUT2D eigenvalue weighted by molar-refractivity contribution is 6.21. The molecule has 0 fully saturated rings.